The van der Waals surface area contributed by atoms with Crippen LogP contribution in [-0.2, 0) is 21.5 Å². The summed E-state index contributed by atoms with van der Waals surface area (Å²) in [7, 11) is -3.27. The Morgan fingerprint density at radius 1 is 1.00 bits per heavy atom. The first kappa shape index (κ1) is 22.2. The molecular weight excluding hydrogens is 428 g/mol. The number of benzene rings is 2. The molecule has 1 heterocycles. The summed E-state index contributed by atoms with van der Waals surface area (Å²) in [6.45, 7) is 1.79. The minimum absolute atomic E-state index is 0.0176. The van der Waals surface area contributed by atoms with Gasteiger partial charge in [0.1, 0.15) is 0 Å². The number of rotatable bonds is 9. The Hall–Kier alpha value is -1.54. The van der Waals surface area contributed by atoms with Gasteiger partial charge in [0.25, 0.3) is 5.91 Å². The Labute approximate surface area is 181 Å². The van der Waals surface area contributed by atoms with Gasteiger partial charge in [-0.1, -0.05) is 35.9 Å². The number of hydrogen-bond acceptors (Lipinski definition) is 4. The minimum atomic E-state index is -3.27. The molecular formula is C21H25ClN2O3S2. The summed E-state index contributed by atoms with van der Waals surface area (Å²) in [4.78, 5) is 12.3. The zero-order valence-corrected chi connectivity index (χ0v) is 18.5. The number of nitrogens with one attached hydrogen (secondary N) is 1. The highest BCUT2D eigenvalue weighted by Crippen LogP contribution is 2.18. The molecule has 0 atom stereocenters. The van der Waals surface area contributed by atoms with Gasteiger partial charge in [0.2, 0.25) is 10.0 Å². The fourth-order valence-electron chi connectivity index (χ4n) is 3.13. The lowest BCUT2D eigenvalue weighted by Gasteiger charge is -2.15. The average Bonchev–Trinajstić information content (AvgIpc) is 3.25. The molecule has 156 valence electrons. The van der Waals surface area contributed by atoms with Crippen molar-refractivity contribution in [3.63, 3.8) is 0 Å². The van der Waals surface area contributed by atoms with Crippen molar-refractivity contribution in [2.45, 2.75) is 24.3 Å². The Morgan fingerprint density at radius 3 is 2.28 bits per heavy atom. The molecule has 0 aliphatic carbocycles. The summed E-state index contributed by atoms with van der Waals surface area (Å²) >= 11 is 7.61. The molecule has 5 nitrogen and oxygen atoms in total. The topological polar surface area (TPSA) is 66.5 Å². The van der Waals surface area contributed by atoms with Crippen molar-refractivity contribution in [2.24, 2.45) is 0 Å². The van der Waals surface area contributed by atoms with Crippen LogP contribution in [0, 0.1) is 0 Å². The van der Waals surface area contributed by atoms with Crippen LogP contribution in [0.1, 0.15) is 34.3 Å². The van der Waals surface area contributed by atoms with Crippen molar-refractivity contribution in [3.8, 4) is 0 Å². The first-order valence-electron chi connectivity index (χ1n) is 9.61. The molecule has 2 aromatic carbocycles. The van der Waals surface area contributed by atoms with Crippen molar-refractivity contribution >= 4 is 39.3 Å². The number of amides is 1. The normalized spacial score (nSPS) is 14.8. The van der Waals surface area contributed by atoms with Gasteiger partial charge in [0, 0.05) is 41.7 Å². The molecule has 1 fully saturated rings. The van der Waals surface area contributed by atoms with E-state index >= 15 is 0 Å². The predicted molar refractivity (Wildman–Crippen MR) is 120 cm³/mol. The van der Waals surface area contributed by atoms with E-state index in [2.05, 4.69) is 5.32 Å². The molecule has 0 saturated carbocycles. The van der Waals surface area contributed by atoms with Crippen LogP contribution in [0.15, 0.2) is 48.5 Å². The summed E-state index contributed by atoms with van der Waals surface area (Å²) in [6, 6.07) is 14.6. The van der Waals surface area contributed by atoms with Crippen molar-refractivity contribution in [2.75, 3.05) is 25.4 Å². The third-order valence-electron chi connectivity index (χ3n) is 4.74. The minimum Gasteiger partial charge on any atom is -0.351 e. The van der Waals surface area contributed by atoms with Crippen LogP contribution in [-0.4, -0.2) is 44.0 Å². The van der Waals surface area contributed by atoms with E-state index in [1.54, 1.807) is 40.3 Å². The molecule has 0 bridgehead atoms. The standard InChI is InChI=1S/C21H25ClN2O3S2/c22-20-9-5-17(6-10-20)15-28-14-11-23-21(25)19-7-3-18(4-8-19)16-29(26,27)24-12-1-2-13-24/h3-10H,1-2,11-16H2,(H,23,25). The Bertz CT molecular complexity index is 910. The van der Waals surface area contributed by atoms with E-state index in [0.29, 0.717) is 30.8 Å². The first-order chi connectivity index (χ1) is 13.9. The first-order valence-corrected chi connectivity index (χ1v) is 12.8. The third kappa shape index (κ3) is 6.74. The fourth-order valence-corrected chi connectivity index (χ4v) is 5.69. The van der Waals surface area contributed by atoms with Crippen molar-refractivity contribution in [1.29, 1.82) is 0 Å². The van der Waals surface area contributed by atoms with Gasteiger partial charge in [-0.05, 0) is 48.2 Å². The second-order valence-electron chi connectivity index (χ2n) is 6.99. The highest BCUT2D eigenvalue weighted by atomic mass is 35.5. The van der Waals surface area contributed by atoms with E-state index < -0.39 is 10.0 Å². The Morgan fingerprint density at radius 2 is 1.62 bits per heavy atom. The number of carbonyl (C=O) groups is 1. The van der Waals surface area contributed by atoms with Gasteiger partial charge in [-0.25, -0.2) is 12.7 Å². The molecule has 1 aliphatic rings. The second-order valence-corrected chi connectivity index (χ2v) is 10.5. The van der Waals surface area contributed by atoms with Gasteiger partial charge in [-0.3, -0.25) is 4.79 Å². The van der Waals surface area contributed by atoms with E-state index in [4.69, 9.17) is 11.6 Å². The molecule has 3 rings (SSSR count). The number of sulfonamides is 1. The molecule has 1 saturated heterocycles. The lowest BCUT2D eigenvalue weighted by Crippen LogP contribution is -2.29. The van der Waals surface area contributed by atoms with Crippen molar-refractivity contribution in [3.05, 3.63) is 70.2 Å². The molecule has 1 N–H and O–H groups in total. The highest BCUT2D eigenvalue weighted by molar-refractivity contribution is 7.98. The maximum absolute atomic E-state index is 12.4. The maximum Gasteiger partial charge on any atom is 0.251 e. The van der Waals surface area contributed by atoms with Crippen molar-refractivity contribution in [1.82, 2.24) is 9.62 Å². The largest absolute Gasteiger partial charge is 0.351 e. The zero-order valence-electron chi connectivity index (χ0n) is 16.1. The van der Waals surface area contributed by atoms with Crippen LogP contribution in [0.5, 0.6) is 0 Å². The van der Waals surface area contributed by atoms with E-state index in [0.717, 1.165) is 29.4 Å². The van der Waals surface area contributed by atoms with Crippen LogP contribution in [0.4, 0.5) is 0 Å². The van der Waals surface area contributed by atoms with E-state index in [1.165, 1.54) is 5.56 Å². The third-order valence-corrected chi connectivity index (χ3v) is 7.87. The van der Waals surface area contributed by atoms with Gasteiger partial charge < -0.3 is 5.32 Å². The molecule has 1 aliphatic heterocycles. The summed E-state index contributed by atoms with van der Waals surface area (Å²) in [6.07, 6.45) is 1.85. The average molecular weight is 453 g/mol. The molecule has 0 unspecified atom stereocenters. The van der Waals surface area contributed by atoms with Crippen LogP contribution < -0.4 is 5.32 Å². The molecule has 0 spiro atoms. The summed E-state index contributed by atoms with van der Waals surface area (Å²) in [5.74, 6) is 1.51. The Balaban J connectivity index is 1.41. The lowest BCUT2D eigenvalue weighted by molar-refractivity contribution is 0.0956. The summed E-state index contributed by atoms with van der Waals surface area (Å²) in [5.41, 5.74) is 2.44. The van der Waals surface area contributed by atoms with Gasteiger partial charge >= 0.3 is 0 Å². The highest BCUT2D eigenvalue weighted by Gasteiger charge is 2.25. The number of nitrogens with zero attached hydrogens (tertiary/aromatic N) is 1. The van der Waals surface area contributed by atoms with Gasteiger partial charge in [0.15, 0.2) is 0 Å². The van der Waals surface area contributed by atoms with Crippen LogP contribution in [0.3, 0.4) is 0 Å². The number of hydrogen-bond donors (Lipinski definition) is 1. The van der Waals surface area contributed by atoms with Crippen LogP contribution in [0.25, 0.3) is 0 Å². The SMILES string of the molecule is O=C(NCCSCc1ccc(Cl)cc1)c1ccc(CS(=O)(=O)N2CCCC2)cc1. The van der Waals surface area contributed by atoms with Gasteiger partial charge in [-0.2, -0.15) is 11.8 Å². The number of halogens is 1. The molecule has 2 aromatic rings. The van der Waals surface area contributed by atoms with E-state index in [-0.39, 0.29) is 11.7 Å². The number of carbonyl (C=O) groups excluding carboxylic acids is 1. The molecule has 0 aromatic heterocycles. The van der Waals surface area contributed by atoms with Gasteiger partial charge in [0.05, 0.1) is 5.75 Å². The Kier molecular flexibility index (Phi) is 8.00. The lowest BCUT2D eigenvalue weighted by atomic mass is 10.1. The summed E-state index contributed by atoms with van der Waals surface area (Å²) < 4.78 is 26.3. The quantitative estimate of drug-likeness (QED) is 0.585. The van der Waals surface area contributed by atoms with Crippen LogP contribution >= 0.6 is 23.4 Å². The van der Waals surface area contributed by atoms with Gasteiger partial charge in [-0.15, -0.1) is 0 Å². The maximum atomic E-state index is 12.4. The number of thioether (sulfide) groups is 1. The van der Waals surface area contributed by atoms with E-state index in [9.17, 15) is 13.2 Å². The van der Waals surface area contributed by atoms with E-state index in [1.807, 2.05) is 24.3 Å². The molecule has 1 amide bonds. The zero-order chi connectivity index (χ0) is 20.7. The molecule has 8 heteroatoms. The molecule has 0 radical (unpaired) electrons. The van der Waals surface area contributed by atoms with Crippen molar-refractivity contribution < 1.29 is 13.2 Å². The molecule has 29 heavy (non-hydrogen) atoms. The fraction of sp³-hybridized carbons (Fsp3) is 0.381. The monoisotopic (exact) mass is 452 g/mol. The second kappa shape index (κ2) is 10.5. The van der Waals surface area contributed by atoms with Crippen LogP contribution in [0.2, 0.25) is 5.02 Å². The predicted octanol–water partition coefficient (Wildman–Crippen LogP) is 3.93. The smallest absolute Gasteiger partial charge is 0.251 e. The summed E-state index contributed by atoms with van der Waals surface area (Å²) in [5, 5.41) is 3.63.